The number of benzene rings is 2. The van der Waals surface area contributed by atoms with E-state index in [-0.39, 0.29) is 34.5 Å². The topological polar surface area (TPSA) is 73.0 Å². The molecule has 2 heterocycles. The van der Waals surface area contributed by atoms with Gasteiger partial charge in [-0.3, -0.25) is 4.79 Å². The third kappa shape index (κ3) is 4.23. The van der Waals surface area contributed by atoms with Gasteiger partial charge in [-0.1, -0.05) is 5.16 Å². The Hall–Kier alpha value is -3.95. The number of nitrogens with one attached hydrogen (secondary N) is 1. The van der Waals surface area contributed by atoms with Crippen LogP contribution in [0.2, 0.25) is 0 Å². The predicted octanol–water partition coefficient (Wildman–Crippen LogP) is 5.24. The first-order valence-electron chi connectivity index (χ1n) is 10.1. The van der Waals surface area contributed by atoms with Crippen molar-refractivity contribution in [3.05, 3.63) is 78.2 Å². The Labute approximate surface area is 184 Å². The van der Waals surface area contributed by atoms with Gasteiger partial charge < -0.3 is 14.4 Å². The number of hydrogen-bond donors (Lipinski definition) is 1. The molecule has 1 aliphatic rings. The standard InChI is InChI=1S/C23H16F4N4O2/c24-15-5-1-13(2-6-15)20-19(21(33-30-20)23(25,26)27)18-11-31(12-28-18)17-9-3-14(4-10-17)22(32)29-16-7-8-16/h1-6,9-12,16H,7-8H2,(H,29,32). The average Bonchev–Trinajstić information content (AvgIpc) is 3.28. The lowest BCUT2D eigenvalue weighted by molar-refractivity contribution is -0.154. The molecule has 33 heavy (non-hydrogen) atoms. The van der Waals surface area contributed by atoms with Crippen LogP contribution in [0.25, 0.3) is 28.2 Å². The summed E-state index contributed by atoms with van der Waals surface area (Å²) in [6, 6.07) is 11.7. The number of amides is 1. The van der Waals surface area contributed by atoms with E-state index in [0.717, 1.165) is 25.0 Å². The molecule has 1 amide bonds. The van der Waals surface area contributed by atoms with Crippen LogP contribution in [-0.4, -0.2) is 26.7 Å². The highest BCUT2D eigenvalue weighted by atomic mass is 19.4. The molecule has 0 aliphatic heterocycles. The summed E-state index contributed by atoms with van der Waals surface area (Å²) in [6.07, 6.45) is -0.0834. The third-order valence-corrected chi connectivity index (χ3v) is 5.25. The molecule has 168 valence electrons. The highest BCUT2D eigenvalue weighted by molar-refractivity contribution is 5.94. The molecule has 0 radical (unpaired) electrons. The van der Waals surface area contributed by atoms with E-state index in [1.54, 1.807) is 24.3 Å². The minimum atomic E-state index is -4.80. The van der Waals surface area contributed by atoms with Crippen LogP contribution in [0.15, 0.2) is 65.6 Å². The molecule has 0 saturated heterocycles. The maximum Gasteiger partial charge on any atom is 0.453 e. The summed E-state index contributed by atoms with van der Waals surface area (Å²) >= 11 is 0. The Morgan fingerprint density at radius 3 is 2.39 bits per heavy atom. The number of rotatable bonds is 5. The van der Waals surface area contributed by atoms with Crippen molar-refractivity contribution in [2.45, 2.75) is 25.1 Å². The van der Waals surface area contributed by atoms with Crippen molar-refractivity contribution >= 4 is 5.91 Å². The molecule has 2 aromatic heterocycles. The molecule has 10 heteroatoms. The van der Waals surface area contributed by atoms with Gasteiger partial charge in [0.25, 0.3) is 5.91 Å². The normalized spacial score (nSPS) is 13.8. The number of carbonyl (C=O) groups is 1. The first kappa shape index (κ1) is 20.9. The van der Waals surface area contributed by atoms with E-state index < -0.39 is 17.8 Å². The summed E-state index contributed by atoms with van der Waals surface area (Å²) in [5, 5.41) is 6.48. The predicted molar refractivity (Wildman–Crippen MR) is 110 cm³/mol. The van der Waals surface area contributed by atoms with E-state index in [2.05, 4.69) is 20.0 Å². The summed E-state index contributed by atoms with van der Waals surface area (Å²) < 4.78 is 60.3. The minimum Gasteiger partial charge on any atom is -0.350 e. The molecule has 1 aliphatic carbocycles. The van der Waals surface area contributed by atoms with Crippen molar-refractivity contribution in [3.8, 4) is 28.2 Å². The number of nitrogens with zero attached hydrogens (tertiary/aromatic N) is 3. The summed E-state index contributed by atoms with van der Waals surface area (Å²) in [5.74, 6) is -1.99. The van der Waals surface area contributed by atoms with Gasteiger partial charge >= 0.3 is 6.18 Å². The molecular formula is C23H16F4N4O2. The van der Waals surface area contributed by atoms with Gasteiger partial charge in [0.05, 0.1) is 17.6 Å². The molecule has 0 atom stereocenters. The second-order valence-electron chi connectivity index (χ2n) is 7.70. The van der Waals surface area contributed by atoms with Gasteiger partial charge in [-0.25, -0.2) is 9.37 Å². The van der Waals surface area contributed by atoms with Crippen LogP contribution < -0.4 is 5.32 Å². The number of carbonyl (C=O) groups excluding carboxylic acids is 1. The molecule has 1 saturated carbocycles. The maximum atomic E-state index is 13.6. The van der Waals surface area contributed by atoms with Gasteiger partial charge in [-0.15, -0.1) is 0 Å². The zero-order valence-electron chi connectivity index (χ0n) is 16.9. The van der Waals surface area contributed by atoms with Crippen LogP contribution in [0.5, 0.6) is 0 Å². The van der Waals surface area contributed by atoms with Crippen LogP contribution in [0.3, 0.4) is 0 Å². The molecule has 2 aromatic carbocycles. The molecule has 5 rings (SSSR count). The van der Waals surface area contributed by atoms with E-state index >= 15 is 0 Å². The van der Waals surface area contributed by atoms with Crippen molar-refractivity contribution in [2.75, 3.05) is 0 Å². The van der Waals surface area contributed by atoms with E-state index in [1.807, 2.05) is 0 Å². The van der Waals surface area contributed by atoms with Crippen LogP contribution in [0, 0.1) is 5.82 Å². The lowest BCUT2D eigenvalue weighted by Gasteiger charge is -2.06. The highest BCUT2D eigenvalue weighted by Gasteiger charge is 2.41. The lowest BCUT2D eigenvalue weighted by Crippen LogP contribution is -2.25. The van der Waals surface area contributed by atoms with Crippen molar-refractivity contribution < 1.29 is 26.9 Å². The number of imidazole rings is 1. The smallest absolute Gasteiger partial charge is 0.350 e. The SMILES string of the molecule is O=C(NC1CC1)c1ccc(-n2cnc(-c3c(-c4ccc(F)cc4)noc3C(F)(F)F)c2)cc1. The van der Waals surface area contributed by atoms with Crippen molar-refractivity contribution in [2.24, 2.45) is 0 Å². The minimum absolute atomic E-state index is 0.0153. The third-order valence-electron chi connectivity index (χ3n) is 5.25. The van der Waals surface area contributed by atoms with Crippen molar-refractivity contribution in [3.63, 3.8) is 0 Å². The van der Waals surface area contributed by atoms with Gasteiger partial charge in [0.1, 0.15) is 11.5 Å². The number of aromatic nitrogens is 3. The van der Waals surface area contributed by atoms with Crippen LogP contribution in [-0.2, 0) is 6.18 Å². The molecule has 1 fully saturated rings. The summed E-state index contributed by atoms with van der Waals surface area (Å²) in [4.78, 5) is 16.3. The second kappa shape index (κ2) is 7.88. The van der Waals surface area contributed by atoms with E-state index in [4.69, 9.17) is 0 Å². The zero-order chi connectivity index (χ0) is 23.2. The monoisotopic (exact) mass is 456 g/mol. The van der Waals surface area contributed by atoms with Crippen molar-refractivity contribution in [1.82, 2.24) is 20.0 Å². The summed E-state index contributed by atoms with van der Waals surface area (Å²) in [6.45, 7) is 0. The van der Waals surface area contributed by atoms with E-state index in [1.165, 1.54) is 29.2 Å². The first-order chi connectivity index (χ1) is 15.8. The Balaban J connectivity index is 1.49. The fourth-order valence-electron chi connectivity index (χ4n) is 3.40. The number of alkyl halides is 3. The molecule has 6 nitrogen and oxygen atoms in total. The van der Waals surface area contributed by atoms with E-state index in [0.29, 0.717) is 11.3 Å². The van der Waals surface area contributed by atoms with Crippen LogP contribution in [0.1, 0.15) is 29.0 Å². The van der Waals surface area contributed by atoms with Gasteiger partial charge in [-0.05, 0) is 61.4 Å². The molecule has 0 unspecified atom stereocenters. The highest BCUT2D eigenvalue weighted by Crippen LogP contribution is 2.42. The largest absolute Gasteiger partial charge is 0.453 e. The average molecular weight is 456 g/mol. The van der Waals surface area contributed by atoms with Gasteiger partial charge in [0, 0.05) is 29.1 Å². The lowest BCUT2D eigenvalue weighted by atomic mass is 10.0. The van der Waals surface area contributed by atoms with Gasteiger partial charge in [0.2, 0.25) is 5.76 Å². The quantitative estimate of drug-likeness (QED) is 0.417. The fraction of sp³-hybridized carbons (Fsp3) is 0.174. The Kier molecular flexibility index (Phi) is 4.99. The molecular weight excluding hydrogens is 440 g/mol. The zero-order valence-corrected chi connectivity index (χ0v) is 16.9. The fourth-order valence-corrected chi connectivity index (χ4v) is 3.40. The molecule has 4 aromatic rings. The number of hydrogen-bond acceptors (Lipinski definition) is 4. The Morgan fingerprint density at radius 2 is 1.76 bits per heavy atom. The van der Waals surface area contributed by atoms with Gasteiger partial charge in [0.15, 0.2) is 0 Å². The van der Waals surface area contributed by atoms with Crippen LogP contribution in [0.4, 0.5) is 17.6 Å². The van der Waals surface area contributed by atoms with Crippen molar-refractivity contribution in [1.29, 1.82) is 0 Å². The van der Waals surface area contributed by atoms with Gasteiger partial charge in [-0.2, -0.15) is 13.2 Å². The summed E-state index contributed by atoms with van der Waals surface area (Å²) in [7, 11) is 0. The molecule has 0 spiro atoms. The van der Waals surface area contributed by atoms with E-state index in [9.17, 15) is 22.4 Å². The summed E-state index contributed by atoms with van der Waals surface area (Å²) in [5.41, 5.74) is 0.894. The Bertz CT molecular complexity index is 1300. The molecule has 1 N–H and O–H groups in total. The maximum absolute atomic E-state index is 13.6. The number of halogens is 4. The molecule has 0 bridgehead atoms. The Morgan fingerprint density at radius 1 is 1.06 bits per heavy atom. The second-order valence-corrected chi connectivity index (χ2v) is 7.70. The first-order valence-corrected chi connectivity index (χ1v) is 10.1. The van der Waals surface area contributed by atoms with Crippen LogP contribution >= 0.6 is 0 Å².